The first-order chi connectivity index (χ1) is 14.5. The molecular weight excluding hydrogens is 400 g/mol. The molecule has 1 unspecified atom stereocenters. The fourth-order valence-electron chi connectivity index (χ4n) is 3.50. The largest absolute Gasteiger partial charge is 0.378 e. The molecule has 1 aromatic carbocycles. The molecule has 0 bridgehead atoms. The van der Waals surface area contributed by atoms with Gasteiger partial charge in [-0.05, 0) is 24.1 Å². The number of thiazole rings is 1. The number of amides is 1. The Labute approximate surface area is 179 Å². The highest BCUT2D eigenvalue weighted by Crippen LogP contribution is 2.25. The van der Waals surface area contributed by atoms with Crippen LogP contribution in [-0.2, 0) is 11.2 Å². The lowest BCUT2D eigenvalue weighted by Crippen LogP contribution is -2.30. The number of hydrogen-bond acceptors (Lipinski definition) is 7. The Hall–Kier alpha value is -3.20. The van der Waals surface area contributed by atoms with Crippen LogP contribution in [0.15, 0.2) is 42.7 Å². The highest BCUT2D eigenvalue weighted by molar-refractivity contribution is 7.17. The first-order valence-electron chi connectivity index (χ1n) is 9.79. The molecule has 1 N–H and O–H groups in total. The van der Waals surface area contributed by atoms with E-state index < -0.39 is 0 Å². The third kappa shape index (κ3) is 4.51. The predicted octanol–water partition coefficient (Wildman–Crippen LogP) is 2.98. The highest BCUT2D eigenvalue weighted by atomic mass is 32.1. The second-order valence-corrected chi connectivity index (χ2v) is 8.57. The molecule has 3 heterocycles. The van der Waals surface area contributed by atoms with Crippen LogP contribution in [0.25, 0.3) is 0 Å². The minimum atomic E-state index is 0.143. The van der Waals surface area contributed by atoms with Gasteiger partial charge in [-0.15, -0.1) is 0 Å². The second kappa shape index (κ2) is 8.66. The first kappa shape index (κ1) is 20.1. The monoisotopic (exact) mass is 424 g/mol. The molecule has 0 spiro atoms. The summed E-state index contributed by atoms with van der Waals surface area (Å²) in [7, 11) is 4.00. The number of benzene rings is 1. The lowest BCUT2D eigenvalue weighted by atomic mass is 10.1. The van der Waals surface area contributed by atoms with Gasteiger partial charge in [-0.2, -0.15) is 5.10 Å². The maximum absolute atomic E-state index is 12.7. The molecule has 1 aliphatic heterocycles. The van der Waals surface area contributed by atoms with Gasteiger partial charge in [0.2, 0.25) is 5.91 Å². The zero-order valence-corrected chi connectivity index (χ0v) is 17.8. The van der Waals surface area contributed by atoms with Gasteiger partial charge in [-0.25, -0.2) is 4.98 Å². The van der Waals surface area contributed by atoms with Gasteiger partial charge in [0.25, 0.3) is 0 Å². The molecule has 0 saturated carbocycles. The minimum absolute atomic E-state index is 0.143. The van der Waals surface area contributed by atoms with Gasteiger partial charge >= 0.3 is 0 Å². The van der Waals surface area contributed by atoms with Crippen molar-refractivity contribution in [1.29, 1.82) is 0 Å². The number of nitrogens with one attached hydrogen (secondary N) is 1. The summed E-state index contributed by atoms with van der Waals surface area (Å²) in [4.78, 5) is 32.2. The molecule has 4 rings (SSSR count). The lowest BCUT2D eigenvalue weighted by molar-refractivity contribution is -0.129. The number of carbonyl (C=O) groups is 2. The Kier molecular flexibility index (Phi) is 5.80. The molecule has 3 aromatic rings. The molecule has 30 heavy (non-hydrogen) atoms. The Morgan fingerprint density at radius 3 is 2.80 bits per heavy atom. The Morgan fingerprint density at radius 2 is 2.10 bits per heavy atom. The van der Waals surface area contributed by atoms with E-state index in [1.165, 1.54) is 17.5 Å². The van der Waals surface area contributed by atoms with Gasteiger partial charge in [-0.1, -0.05) is 23.5 Å². The zero-order chi connectivity index (χ0) is 21.1. The Morgan fingerprint density at radius 1 is 1.30 bits per heavy atom. The maximum Gasteiger partial charge on any atom is 0.227 e. The maximum atomic E-state index is 12.7. The molecule has 1 saturated heterocycles. The second-order valence-electron chi connectivity index (χ2n) is 7.51. The summed E-state index contributed by atoms with van der Waals surface area (Å²) in [6, 6.07) is 10.1. The number of anilines is 3. The summed E-state index contributed by atoms with van der Waals surface area (Å²) in [5, 5.41) is 8.31. The van der Waals surface area contributed by atoms with Gasteiger partial charge < -0.3 is 15.1 Å². The lowest BCUT2D eigenvalue weighted by Gasteiger charge is -2.17. The van der Waals surface area contributed by atoms with Crippen molar-refractivity contribution >= 4 is 40.2 Å². The number of rotatable bonds is 7. The summed E-state index contributed by atoms with van der Waals surface area (Å²) in [6.07, 6.45) is 5.51. The molecule has 156 valence electrons. The van der Waals surface area contributed by atoms with E-state index in [2.05, 4.69) is 15.4 Å². The van der Waals surface area contributed by atoms with Gasteiger partial charge in [-0.3, -0.25) is 14.3 Å². The zero-order valence-electron chi connectivity index (χ0n) is 17.0. The number of nitrogens with zero attached hydrogens (tertiary/aromatic N) is 5. The van der Waals surface area contributed by atoms with Crippen molar-refractivity contribution in [3.63, 3.8) is 0 Å². The average Bonchev–Trinajstić information content (AvgIpc) is 3.49. The number of aldehydes is 1. The van der Waals surface area contributed by atoms with Crippen molar-refractivity contribution in [2.75, 3.05) is 37.4 Å². The molecule has 1 fully saturated rings. The van der Waals surface area contributed by atoms with Gasteiger partial charge in [0.1, 0.15) is 0 Å². The Bertz CT molecular complexity index is 1030. The van der Waals surface area contributed by atoms with E-state index in [0.29, 0.717) is 28.8 Å². The third-order valence-corrected chi connectivity index (χ3v) is 6.02. The summed E-state index contributed by atoms with van der Waals surface area (Å²) in [5.41, 5.74) is 2.15. The molecule has 0 radical (unpaired) electrons. The van der Waals surface area contributed by atoms with E-state index in [1.54, 1.807) is 0 Å². The minimum Gasteiger partial charge on any atom is -0.378 e. The van der Waals surface area contributed by atoms with E-state index in [1.807, 2.05) is 65.1 Å². The summed E-state index contributed by atoms with van der Waals surface area (Å²) in [5.74, 6) is 0.817. The molecule has 9 heteroatoms. The molecule has 8 nitrogen and oxygen atoms in total. The smallest absolute Gasteiger partial charge is 0.227 e. The predicted molar refractivity (Wildman–Crippen MR) is 118 cm³/mol. The van der Waals surface area contributed by atoms with Crippen LogP contribution in [0.4, 0.5) is 16.6 Å². The van der Waals surface area contributed by atoms with Crippen LogP contribution in [0, 0.1) is 0 Å². The van der Waals surface area contributed by atoms with Crippen LogP contribution < -0.4 is 10.2 Å². The van der Waals surface area contributed by atoms with E-state index >= 15 is 0 Å². The van der Waals surface area contributed by atoms with Crippen LogP contribution in [0.5, 0.6) is 0 Å². The third-order valence-electron chi connectivity index (χ3n) is 5.18. The first-order valence-corrected chi connectivity index (χ1v) is 10.6. The number of likely N-dealkylation sites (tertiary alicyclic amines) is 1. The number of carbonyl (C=O) groups excluding carboxylic acids is 2. The summed E-state index contributed by atoms with van der Waals surface area (Å²) >= 11 is 1.28. The van der Waals surface area contributed by atoms with Crippen molar-refractivity contribution in [3.05, 3.63) is 53.2 Å². The van der Waals surface area contributed by atoms with E-state index in [0.717, 1.165) is 30.5 Å². The summed E-state index contributed by atoms with van der Waals surface area (Å²) in [6.45, 7) is 1.39. The van der Waals surface area contributed by atoms with E-state index in [4.69, 9.17) is 0 Å². The van der Waals surface area contributed by atoms with Crippen molar-refractivity contribution in [2.45, 2.75) is 18.9 Å². The fraction of sp³-hybridized carbons (Fsp3) is 0.333. The van der Waals surface area contributed by atoms with Crippen LogP contribution in [0.3, 0.4) is 0 Å². The van der Waals surface area contributed by atoms with E-state index in [-0.39, 0.29) is 11.9 Å². The summed E-state index contributed by atoms with van der Waals surface area (Å²) < 4.78 is 1.90. The molecule has 1 atom stereocenters. The molecule has 1 aliphatic rings. The highest BCUT2D eigenvalue weighted by Gasteiger charge is 2.28. The van der Waals surface area contributed by atoms with Crippen LogP contribution in [0.2, 0.25) is 0 Å². The standard InChI is InChI=1S/C21H24N6O2S/c1-25(2)16-5-3-15(4-6-16)11-20(29)26-9-7-17(13-26)27-10-8-19(24-27)23-21-22-12-18(14-28)30-21/h3-6,8,10,12,14,17H,7,9,11,13H2,1-2H3,(H,22,23,24). The SMILES string of the molecule is CN(C)c1ccc(CC(=O)N2CCC(n3ccc(Nc4ncc(C=O)s4)n3)C2)cc1. The molecule has 0 aliphatic carbocycles. The molecule has 1 amide bonds. The molecular formula is C21H24N6O2S. The number of hydrogen-bond donors (Lipinski definition) is 1. The Balaban J connectivity index is 1.33. The van der Waals surface area contributed by atoms with E-state index in [9.17, 15) is 9.59 Å². The van der Waals surface area contributed by atoms with Crippen molar-refractivity contribution in [3.8, 4) is 0 Å². The topological polar surface area (TPSA) is 83.4 Å². The van der Waals surface area contributed by atoms with Gasteiger partial charge in [0.15, 0.2) is 17.2 Å². The van der Waals surface area contributed by atoms with Crippen LogP contribution >= 0.6 is 11.3 Å². The van der Waals surface area contributed by atoms with Crippen molar-refractivity contribution < 1.29 is 9.59 Å². The van der Waals surface area contributed by atoms with Crippen molar-refractivity contribution in [2.24, 2.45) is 0 Å². The molecule has 2 aromatic heterocycles. The van der Waals surface area contributed by atoms with Gasteiger partial charge in [0, 0.05) is 45.1 Å². The normalized spacial score (nSPS) is 15.9. The quantitative estimate of drug-likeness (QED) is 0.587. The average molecular weight is 425 g/mol. The number of aromatic nitrogens is 3. The van der Waals surface area contributed by atoms with Gasteiger partial charge in [0.05, 0.1) is 23.5 Å². The van der Waals surface area contributed by atoms with Crippen LogP contribution in [-0.4, -0.2) is 59.0 Å². The van der Waals surface area contributed by atoms with Crippen molar-refractivity contribution in [1.82, 2.24) is 19.7 Å². The fourth-order valence-corrected chi connectivity index (χ4v) is 4.14. The van der Waals surface area contributed by atoms with Crippen LogP contribution in [0.1, 0.15) is 27.7 Å².